The number of hydrogen-bond acceptors (Lipinski definition) is 3. The maximum Gasteiger partial charge on any atom is 0.0635 e. The highest BCUT2D eigenvalue weighted by Crippen LogP contribution is 2.10. The summed E-state index contributed by atoms with van der Waals surface area (Å²) in [5, 5.41) is 11.4. The van der Waals surface area contributed by atoms with Gasteiger partial charge in [-0.15, -0.1) is 0 Å². The molecular weight excluding hydrogens is 152 g/mol. The van der Waals surface area contributed by atoms with Crippen LogP contribution in [0.5, 0.6) is 0 Å². The van der Waals surface area contributed by atoms with E-state index in [4.69, 9.17) is 10.00 Å². The average molecular weight is 170 g/mol. The van der Waals surface area contributed by atoms with Gasteiger partial charge in [0.1, 0.15) is 0 Å². The summed E-state index contributed by atoms with van der Waals surface area (Å²) < 4.78 is 5.24. The molecule has 0 aliphatic rings. The van der Waals surface area contributed by atoms with Crippen molar-refractivity contribution in [3.63, 3.8) is 0 Å². The second-order valence-electron chi connectivity index (χ2n) is 3.37. The molecule has 70 valence electrons. The van der Waals surface area contributed by atoms with Crippen LogP contribution in [0.3, 0.4) is 0 Å². The number of nitrogens with one attached hydrogen (secondary N) is 1. The first-order valence-corrected chi connectivity index (χ1v) is 4.25. The number of ether oxygens (including phenoxy) is 1. The molecule has 0 aliphatic carbocycles. The minimum Gasteiger partial charge on any atom is -0.379 e. The molecule has 0 bridgehead atoms. The van der Waals surface area contributed by atoms with E-state index < -0.39 is 0 Å². The van der Waals surface area contributed by atoms with Gasteiger partial charge in [-0.2, -0.15) is 5.26 Å². The van der Waals surface area contributed by atoms with E-state index in [0.717, 1.165) is 19.5 Å². The smallest absolute Gasteiger partial charge is 0.0635 e. The molecule has 0 rings (SSSR count). The average Bonchev–Trinajstić information content (AvgIpc) is 2.04. The van der Waals surface area contributed by atoms with Crippen LogP contribution in [-0.2, 0) is 4.74 Å². The molecule has 0 unspecified atom stereocenters. The molecule has 12 heavy (non-hydrogen) atoms. The monoisotopic (exact) mass is 170 g/mol. The Kier molecular flexibility index (Phi) is 5.69. The Hall–Kier alpha value is -0.590. The van der Waals surface area contributed by atoms with Crippen LogP contribution in [0.15, 0.2) is 0 Å². The summed E-state index contributed by atoms with van der Waals surface area (Å²) in [4.78, 5) is 0. The van der Waals surface area contributed by atoms with Gasteiger partial charge in [0, 0.05) is 20.1 Å². The van der Waals surface area contributed by atoms with Crippen molar-refractivity contribution in [1.29, 1.82) is 5.26 Å². The molecule has 0 saturated carbocycles. The predicted molar refractivity (Wildman–Crippen MR) is 48.8 cm³/mol. The highest BCUT2D eigenvalue weighted by Gasteiger charge is 2.14. The topological polar surface area (TPSA) is 45.0 Å². The van der Waals surface area contributed by atoms with E-state index in [-0.39, 0.29) is 5.60 Å². The molecule has 0 atom stereocenters. The zero-order valence-electron chi connectivity index (χ0n) is 8.18. The Balaban J connectivity index is 3.26. The minimum absolute atomic E-state index is 0.0559. The van der Waals surface area contributed by atoms with Crippen LogP contribution < -0.4 is 5.32 Å². The molecule has 0 aromatic heterocycles. The van der Waals surface area contributed by atoms with Gasteiger partial charge < -0.3 is 10.1 Å². The number of rotatable bonds is 6. The number of methoxy groups -OCH3 is 1. The van der Waals surface area contributed by atoms with E-state index in [9.17, 15) is 0 Å². The Morgan fingerprint density at radius 1 is 1.42 bits per heavy atom. The fourth-order valence-electron chi connectivity index (χ4n) is 0.761. The van der Waals surface area contributed by atoms with Gasteiger partial charge in [-0.05, 0) is 26.8 Å². The maximum absolute atomic E-state index is 8.26. The molecule has 3 nitrogen and oxygen atoms in total. The van der Waals surface area contributed by atoms with Crippen LogP contribution in [0.4, 0.5) is 0 Å². The number of hydrogen-bond donors (Lipinski definition) is 1. The van der Waals surface area contributed by atoms with Crippen LogP contribution in [0.2, 0.25) is 0 Å². The van der Waals surface area contributed by atoms with Gasteiger partial charge in [-0.1, -0.05) is 0 Å². The molecule has 0 spiro atoms. The Morgan fingerprint density at radius 2 is 2.08 bits per heavy atom. The first-order chi connectivity index (χ1) is 5.62. The largest absolute Gasteiger partial charge is 0.379 e. The van der Waals surface area contributed by atoms with Crippen molar-refractivity contribution in [3.05, 3.63) is 0 Å². The first kappa shape index (κ1) is 11.4. The predicted octanol–water partition coefficient (Wildman–Crippen LogP) is 1.30. The van der Waals surface area contributed by atoms with Crippen LogP contribution in [0, 0.1) is 11.3 Å². The first-order valence-electron chi connectivity index (χ1n) is 4.25. The molecule has 0 heterocycles. The van der Waals surface area contributed by atoms with Gasteiger partial charge >= 0.3 is 0 Å². The number of nitriles is 1. The third kappa shape index (κ3) is 6.14. The van der Waals surface area contributed by atoms with Crippen molar-refractivity contribution in [2.24, 2.45) is 0 Å². The van der Waals surface area contributed by atoms with Crippen molar-refractivity contribution in [3.8, 4) is 6.07 Å². The summed E-state index contributed by atoms with van der Waals surface area (Å²) in [6, 6.07) is 2.09. The van der Waals surface area contributed by atoms with Crippen molar-refractivity contribution in [2.75, 3.05) is 20.2 Å². The van der Waals surface area contributed by atoms with Crippen LogP contribution in [0.25, 0.3) is 0 Å². The summed E-state index contributed by atoms with van der Waals surface area (Å²) in [6.07, 6.45) is 1.54. The third-order valence-electron chi connectivity index (χ3n) is 1.87. The highest BCUT2D eigenvalue weighted by molar-refractivity contribution is 4.72. The molecule has 0 radical (unpaired) electrons. The van der Waals surface area contributed by atoms with Gasteiger partial charge in [-0.3, -0.25) is 0 Å². The summed E-state index contributed by atoms with van der Waals surface area (Å²) in [6.45, 7) is 5.79. The van der Waals surface area contributed by atoms with E-state index in [1.165, 1.54) is 0 Å². The third-order valence-corrected chi connectivity index (χ3v) is 1.87. The minimum atomic E-state index is -0.0559. The fourth-order valence-corrected chi connectivity index (χ4v) is 0.761. The van der Waals surface area contributed by atoms with Crippen molar-refractivity contribution >= 4 is 0 Å². The zero-order chi connectivity index (χ0) is 9.45. The molecule has 0 aromatic rings. The Morgan fingerprint density at radius 3 is 2.58 bits per heavy atom. The molecule has 0 saturated heterocycles. The lowest BCUT2D eigenvalue weighted by Crippen LogP contribution is -2.29. The van der Waals surface area contributed by atoms with Crippen LogP contribution in [-0.4, -0.2) is 25.8 Å². The molecule has 0 aliphatic heterocycles. The second-order valence-corrected chi connectivity index (χ2v) is 3.37. The molecule has 3 heteroatoms. The Bertz CT molecular complexity index is 149. The summed E-state index contributed by atoms with van der Waals surface area (Å²) >= 11 is 0. The summed E-state index contributed by atoms with van der Waals surface area (Å²) in [7, 11) is 1.72. The maximum atomic E-state index is 8.26. The van der Waals surface area contributed by atoms with Crippen molar-refractivity contribution < 1.29 is 4.74 Å². The standard InChI is InChI=1S/C9H18N2O/c1-9(2,12-3)5-8-11-7-4-6-10/h11H,4-5,7-8H2,1-3H3. The quantitative estimate of drug-likeness (QED) is 0.611. The highest BCUT2D eigenvalue weighted by atomic mass is 16.5. The summed E-state index contributed by atoms with van der Waals surface area (Å²) in [5.41, 5.74) is -0.0559. The lowest BCUT2D eigenvalue weighted by molar-refractivity contribution is 0.0159. The fraction of sp³-hybridized carbons (Fsp3) is 0.889. The zero-order valence-corrected chi connectivity index (χ0v) is 8.18. The van der Waals surface area contributed by atoms with Gasteiger partial charge in [-0.25, -0.2) is 0 Å². The molecule has 0 fully saturated rings. The number of nitrogens with zero attached hydrogens (tertiary/aromatic N) is 1. The van der Waals surface area contributed by atoms with E-state index in [0.29, 0.717) is 6.42 Å². The molecule has 1 N–H and O–H groups in total. The van der Waals surface area contributed by atoms with Gasteiger partial charge in [0.25, 0.3) is 0 Å². The van der Waals surface area contributed by atoms with Gasteiger partial charge in [0.15, 0.2) is 0 Å². The lowest BCUT2D eigenvalue weighted by atomic mass is 10.1. The normalized spacial score (nSPS) is 11.2. The second kappa shape index (κ2) is 5.99. The summed E-state index contributed by atoms with van der Waals surface area (Å²) in [5.74, 6) is 0. The van der Waals surface area contributed by atoms with Crippen molar-refractivity contribution in [1.82, 2.24) is 5.32 Å². The molecule has 0 amide bonds. The lowest BCUT2D eigenvalue weighted by Gasteiger charge is -2.22. The van der Waals surface area contributed by atoms with E-state index in [1.807, 2.05) is 0 Å². The molecule has 0 aromatic carbocycles. The van der Waals surface area contributed by atoms with Crippen molar-refractivity contribution in [2.45, 2.75) is 32.3 Å². The van der Waals surface area contributed by atoms with E-state index in [1.54, 1.807) is 7.11 Å². The Labute approximate surface area is 74.7 Å². The van der Waals surface area contributed by atoms with Gasteiger partial charge in [0.2, 0.25) is 0 Å². The van der Waals surface area contributed by atoms with Crippen LogP contribution in [0.1, 0.15) is 26.7 Å². The van der Waals surface area contributed by atoms with Gasteiger partial charge in [0.05, 0.1) is 11.7 Å². The SMILES string of the molecule is COC(C)(C)CCNCCC#N. The molecular formula is C9H18N2O. The van der Waals surface area contributed by atoms with E-state index in [2.05, 4.69) is 25.2 Å². The van der Waals surface area contributed by atoms with Crippen LogP contribution >= 0.6 is 0 Å². The van der Waals surface area contributed by atoms with E-state index >= 15 is 0 Å².